The van der Waals surface area contributed by atoms with Gasteiger partial charge in [-0.2, -0.15) is 0 Å². The molecule has 122 valence electrons. The summed E-state index contributed by atoms with van der Waals surface area (Å²) in [6.07, 6.45) is 3.55. The number of rotatable bonds is 4. The van der Waals surface area contributed by atoms with Crippen LogP contribution in [0.4, 0.5) is 5.13 Å². The molecule has 3 rings (SSSR count). The molecule has 3 heterocycles. The van der Waals surface area contributed by atoms with E-state index in [1.807, 2.05) is 23.7 Å². The van der Waals surface area contributed by atoms with Crippen molar-refractivity contribution in [3.63, 3.8) is 0 Å². The normalized spacial score (nSPS) is 15.8. The molecule has 0 saturated carbocycles. The van der Waals surface area contributed by atoms with Gasteiger partial charge in [0, 0.05) is 50.0 Å². The molecule has 0 amide bonds. The van der Waals surface area contributed by atoms with Gasteiger partial charge in [-0.25, -0.2) is 15.0 Å². The molecule has 0 bridgehead atoms. The van der Waals surface area contributed by atoms with Crippen molar-refractivity contribution < 1.29 is 4.74 Å². The molecule has 2 aromatic rings. The summed E-state index contributed by atoms with van der Waals surface area (Å²) in [6, 6.07) is 3.79. The van der Waals surface area contributed by atoms with Crippen molar-refractivity contribution >= 4 is 22.4 Å². The predicted molar refractivity (Wildman–Crippen MR) is 92.0 cm³/mol. The molecule has 0 unspecified atom stereocenters. The smallest absolute Gasteiger partial charge is 0.213 e. The van der Waals surface area contributed by atoms with Crippen LogP contribution in [-0.2, 0) is 6.54 Å². The molecule has 1 saturated heterocycles. The van der Waals surface area contributed by atoms with Crippen molar-refractivity contribution in [3.8, 4) is 5.88 Å². The third-order valence-electron chi connectivity index (χ3n) is 3.73. The number of aromatic nitrogens is 2. The Bertz CT molecular complexity index is 652. The van der Waals surface area contributed by atoms with E-state index in [0.717, 1.165) is 36.9 Å². The Morgan fingerprint density at radius 2 is 2.13 bits per heavy atom. The van der Waals surface area contributed by atoms with Crippen LogP contribution in [0.1, 0.15) is 5.56 Å². The number of aliphatic imine (C=N–C) groups is 1. The van der Waals surface area contributed by atoms with Crippen molar-refractivity contribution in [2.75, 3.05) is 38.2 Å². The molecule has 0 radical (unpaired) electrons. The minimum atomic E-state index is 0.525. The van der Waals surface area contributed by atoms with Crippen LogP contribution in [-0.4, -0.2) is 54.1 Å². The van der Waals surface area contributed by atoms with Gasteiger partial charge in [-0.15, -0.1) is 11.3 Å². The van der Waals surface area contributed by atoms with Crippen LogP contribution >= 0.6 is 11.3 Å². The van der Waals surface area contributed by atoms with Gasteiger partial charge in [0.25, 0.3) is 0 Å². The predicted octanol–water partition coefficient (Wildman–Crippen LogP) is 1.18. The molecule has 0 aromatic carbocycles. The first-order valence-electron chi connectivity index (χ1n) is 7.44. The van der Waals surface area contributed by atoms with E-state index in [2.05, 4.69) is 24.8 Å². The van der Waals surface area contributed by atoms with E-state index in [9.17, 15) is 0 Å². The largest absolute Gasteiger partial charge is 0.481 e. The maximum Gasteiger partial charge on any atom is 0.213 e. The lowest BCUT2D eigenvalue weighted by molar-refractivity contribution is 0.380. The molecular formula is C15H20N6OS. The van der Waals surface area contributed by atoms with Crippen molar-refractivity contribution in [1.29, 1.82) is 0 Å². The highest BCUT2D eigenvalue weighted by Crippen LogP contribution is 2.18. The SMILES string of the molecule is COc1cc(CN=C(N)N2CCN(c3nccs3)CC2)ccn1. The Kier molecular flexibility index (Phi) is 4.92. The second-order valence-electron chi connectivity index (χ2n) is 5.17. The first-order valence-corrected chi connectivity index (χ1v) is 8.32. The minimum Gasteiger partial charge on any atom is -0.481 e. The summed E-state index contributed by atoms with van der Waals surface area (Å²) >= 11 is 1.67. The number of anilines is 1. The van der Waals surface area contributed by atoms with Crippen LogP contribution in [0.15, 0.2) is 34.9 Å². The van der Waals surface area contributed by atoms with Gasteiger partial charge in [0.1, 0.15) is 0 Å². The maximum atomic E-state index is 6.13. The molecular weight excluding hydrogens is 312 g/mol. The molecule has 1 fully saturated rings. The molecule has 2 N–H and O–H groups in total. The Balaban J connectivity index is 1.55. The van der Waals surface area contributed by atoms with E-state index < -0.39 is 0 Å². The van der Waals surface area contributed by atoms with Crippen LogP contribution in [0.25, 0.3) is 0 Å². The zero-order valence-electron chi connectivity index (χ0n) is 13.1. The van der Waals surface area contributed by atoms with E-state index >= 15 is 0 Å². The summed E-state index contributed by atoms with van der Waals surface area (Å²) in [5.74, 6) is 1.17. The van der Waals surface area contributed by atoms with Crippen LogP contribution in [0.5, 0.6) is 5.88 Å². The topological polar surface area (TPSA) is 79.9 Å². The van der Waals surface area contributed by atoms with Gasteiger partial charge in [0.15, 0.2) is 11.1 Å². The molecule has 23 heavy (non-hydrogen) atoms. The Morgan fingerprint density at radius 1 is 1.30 bits per heavy atom. The zero-order chi connectivity index (χ0) is 16.1. The maximum absolute atomic E-state index is 6.13. The van der Waals surface area contributed by atoms with E-state index in [1.165, 1.54) is 0 Å². The number of pyridine rings is 1. The number of nitrogens with two attached hydrogens (primary N) is 1. The lowest BCUT2D eigenvalue weighted by Crippen LogP contribution is -2.51. The lowest BCUT2D eigenvalue weighted by Gasteiger charge is -2.35. The van der Waals surface area contributed by atoms with Gasteiger partial charge in [-0.05, 0) is 11.6 Å². The molecule has 1 aliphatic rings. The van der Waals surface area contributed by atoms with Crippen LogP contribution in [0, 0.1) is 0 Å². The highest BCUT2D eigenvalue weighted by molar-refractivity contribution is 7.13. The second kappa shape index (κ2) is 7.28. The van der Waals surface area contributed by atoms with Crippen LogP contribution < -0.4 is 15.4 Å². The van der Waals surface area contributed by atoms with Crippen molar-refractivity contribution in [3.05, 3.63) is 35.5 Å². The highest BCUT2D eigenvalue weighted by atomic mass is 32.1. The first-order chi connectivity index (χ1) is 11.3. The van der Waals surface area contributed by atoms with Crippen molar-refractivity contribution in [2.45, 2.75) is 6.54 Å². The second-order valence-corrected chi connectivity index (χ2v) is 6.04. The molecule has 0 atom stereocenters. The third-order valence-corrected chi connectivity index (χ3v) is 4.56. The van der Waals surface area contributed by atoms with Gasteiger partial charge in [0.05, 0.1) is 13.7 Å². The quantitative estimate of drug-likeness (QED) is 0.669. The van der Waals surface area contributed by atoms with E-state index in [-0.39, 0.29) is 0 Å². The molecule has 2 aromatic heterocycles. The zero-order valence-corrected chi connectivity index (χ0v) is 13.9. The van der Waals surface area contributed by atoms with Crippen LogP contribution in [0.2, 0.25) is 0 Å². The van der Waals surface area contributed by atoms with E-state index in [0.29, 0.717) is 18.4 Å². The fraction of sp³-hybridized carbons (Fsp3) is 0.400. The third kappa shape index (κ3) is 3.89. The lowest BCUT2D eigenvalue weighted by atomic mass is 10.3. The fourth-order valence-corrected chi connectivity index (χ4v) is 3.13. The number of hydrogen-bond donors (Lipinski definition) is 1. The first kappa shape index (κ1) is 15.5. The monoisotopic (exact) mass is 332 g/mol. The van der Waals surface area contributed by atoms with Gasteiger partial charge >= 0.3 is 0 Å². The average Bonchev–Trinajstić information content (AvgIpc) is 3.14. The number of nitrogens with zero attached hydrogens (tertiary/aromatic N) is 5. The number of methoxy groups -OCH3 is 1. The summed E-state index contributed by atoms with van der Waals surface area (Å²) < 4.78 is 5.11. The van der Waals surface area contributed by atoms with E-state index in [4.69, 9.17) is 10.5 Å². The number of hydrogen-bond acceptors (Lipinski definition) is 6. The Hall–Kier alpha value is -2.35. The minimum absolute atomic E-state index is 0.525. The Labute approximate surface area is 139 Å². The standard InChI is InChI=1S/C15H20N6OS/c1-22-13-10-12(2-3-17-13)11-19-14(16)20-5-7-21(8-6-20)15-18-4-9-23-15/h2-4,9-10H,5-8,11H2,1H3,(H2,16,19). The van der Waals surface area contributed by atoms with Crippen LogP contribution in [0.3, 0.4) is 0 Å². The molecule has 7 nitrogen and oxygen atoms in total. The van der Waals surface area contributed by atoms with Gasteiger partial charge in [0.2, 0.25) is 5.88 Å². The van der Waals surface area contributed by atoms with Gasteiger partial charge in [-0.1, -0.05) is 0 Å². The number of piperazine rings is 1. The fourth-order valence-electron chi connectivity index (χ4n) is 2.43. The summed E-state index contributed by atoms with van der Waals surface area (Å²) in [5, 5.41) is 3.07. The molecule has 0 spiro atoms. The average molecular weight is 332 g/mol. The van der Waals surface area contributed by atoms with Crippen molar-refractivity contribution in [1.82, 2.24) is 14.9 Å². The molecule has 8 heteroatoms. The van der Waals surface area contributed by atoms with Crippen molar-refractivity contribution in [2.24, 2.45) is 10.7 Å². The summed E-state index contributed by atoms with van der Waals surface area (Å²) in [7, 11) is 1.60. The summed E-state index contributed by atoms with van der Waals surface area (Å²) in [5.41, 5.74) is 7.16. The Morgan fingerprint density at radius 3 is 2.83 bits per heavy atom. The molecule has 1 aliphatic heterocycles. The summed E-state index contributed by atoms with van der Waals surface area (Å²) in [4.78, 5) is 17.3. The number of ether oxygens (including phenoxy) is 1. The van der Waals surface area contributed by atoms with Gasteiger partial charge in [-0.3, -0.25) is 0 Å². The van der Waals surface area contributed by atoms with E-state index in [1.54, 1.807) is 24.6 Å². The molecule has 0 aliphatic carbocycles. The van der Waals surface area contributed by atoms with Gasteiger partial charge < -0.3 is 20.3 Å². The summed E-state index contributed by atoms with van der Waals surface area (Å²) in [6.45, 7) is 4.06. The highest BCUT2D eigenvalue weighted by Gasteiger charge is 2.19. The number of guanidine groups is 1. The number of thiazole rings is 1.